The topological polar surface area (TPSA) is 81.2 Å². The fourth-order valence-electron chi connectivity index (χ4n) is 3.09. The van der Waals surface area contributed by atoms with Gasteiger partial charge in [0.05, 0.1) is 12.0 Å². The van der Waals surface area contributed by atoms with Crippen LogP contribution in [0.2, 0.25) is 0 Å². The summed E-state index contributed by atoms with van der Waals surface area (Å²) in [6.45, 7) is 0.313. The van der Waals surface area contributed by atoms with Gasteiger partial charge < -0.3 is 14.3 Å². The summed E-state index contributed by atoms with van der Waals surface area (Å²) in [5.41, 5.74) is 1.46. The number of hydrogen-bond donors (Lipinski definition) is 1. The monoisotopic (exact) mass is 394 g/mol. The van der Waals surface area contributed by atoms with Crippen LogP contribution in [0.5, 0.6) is 0 Å². The maximum Gasteiger partial charge on any atom is 0.272 e. The number of rotatable bonds is 3. The summed E-state index contributed by atoms with van der Waals surface area (Å²) < 4.78 is 44.0. The molecule has 9 heteroatoms. The number of aromatic nitrogens is 2. The Balaban J connectivity index is 2.02. The first-order chi connectivity index (χ1) is 12.3. The van der Waals surface area contributed by atoms with E-state index < -0.39 is 14.6 Å². The number of aromatic amines is 1. The van der Waals surface area contributed by atoms with Crippen LogP contribution in [0.1, 0.15) is 16.8 Å². The molecule has 6 nitrogen and oxygen atoms in total. The van der Waals surface area contributed by atoms with Crippen LogP contribution in [-0.2, 0) is 26.9 Å². The van der Waals surface area contributed by atoms with E-state index >= 15 is 0 Å². The smallest absolute Gasteiger partial charge is 0.272 e. The van der Waals surface area contributed by atoms with Crippen LogP contribution in [0.25, 0.3) is 17.0 Å². The highest BCUT2D eigenvalue weighted by Crippen LogP contribution is 2.32. The zero-order valence-corrected chi connectivity index (χ0v) is 14.8. The summed E-state index contributed by atoms with van der Waals surface area (Å²) in [4.78, 5) is 15.2. The Hall–Kier alpha value is -2.58. The van der Waals surface area contributed by atoms with Crippen LogP contribution in [0, 0.1) is 5.82 Å². The molecule has 2 aromatic heterocycles. The summed E-state index contributed by atoms with van der Waals surface area (Å²) in [6, 6.07) is 5.73. The molecule has 0 saturated carbocycles. The van der Waals surface area contributed by atoms with Gasteiger partial charge in [0.15, 0.2) is 0 Å². The van der Waals surface area contributed by atoms with Crippen molar-refractivity contribution in [3.63, 3.8) is 0 Å². The Morgan fingerprint density at radius 1 is 1.27 bits per heavy atom. The minimum atomic E-state index is -4.09. The Kier molecular flexibility index (Phi) is 3.89. The number of fused-ring (bicyclic) bond motifs is 3. The average molecular weight is 395 g/mol. The molecule has 0 amide bonds. The molecule has 134 valence electrons. The molecule has 1 aromatic carbocycles. The number of halogens is 2. The molecule has 1 aliphatic rings. The van der Waals surface area contributed by atoms with Crippen LogP contribution in [0.4, 0.5) is 4.39 Å². The van der Waals surface area contributed by atoms with E-state index in [4.69, 9.17) is 15.4 Å². The molecule has 0 aliphatic carbocycles. The molecule has 4 rings (SSSR count). The predicted octanol–water partition coefficient (Wildman–Crippen LogP) is 2.95. The van der Waals surface area contributed by atoms with Crippen molar-refractivity contribution in [3.8, 4) is 0 Å². The van der Waals surface area contributed by atoms with Gasteiger partial charge in [0.1, 0.15) is 22.8 Å². The van der Waals surface area contributed by atoms with E-state index in [1.165, 1.54) is 29.2 Å². The first-order valence-electron chi connectivity index (χ1n) is 7.60. The van der Waals surface area contributed by atoms with Crippen LogP contribution in [-0.4, -0.2) is 18.0 Å². The molecule has 0 spiro atoms. The summed E-state index contributed by atoms with van der Waals surface area (Å²) in [5.74, 6) is -0.382. The SMILES string of the molecule is O=c1[nH]c2c(c3c(S(=O)(=O)Cl)cn(Cc4ccc(F)cc4)c13)C=COC2. The fourth-order valence-corrected chi connectivity index (χ4v) is 4.15. The number of nitrogens with one attached hydrogen (secondary N) is 1. The van der Waals surface area contributed by atoms with Crippen molar-refractivity contribution in [2.24, 2.45) is 0 Å². The maximum atomic E-state index is 13.1. The predicted molar refractivity (Wildman–Crippen MR) is 94.9 cm³/mol. The third-order valence-electron chi connectivity index (χ3n) is 4.20. The quantitative estimate of drug-likeness (QED) is 0.692. The highest BCUT2D eigenvalue weighted by atomic mass is 35.7. The summed E-state index contributed by atoms with van der Waals surface area (Å²) in [7, 11) is 1.52. The molecule has 26 heavy (non-hydrogen) atoms. The Morgan fingerprint density at radius 2 is 2.00 bits per heavy atom. The van der Waals surface area contributed by atoms with Gasteiger partial charge in [-0.15, -0.1) is 0 Å². The van der Waals surface area contributed by atoms with Crippen LogP contribution in [0.15, 0.2) is 46.4 Å². The minimum absolute atomic E-state index is 0.127. The van der Waals surface area contributed by atoms with Crippen molar-refractivity contribution in [3.05, 3.63) is 69.7 Å². The average Bonchev–Trinajstić information content (AvgIpc) is 2.98. The molecule has 3 heterocycles. The van der Waals surface area contributed by atoms with Gasteiger partial charge in [0, 0.05) is 34.4 Å². The summed E-state index contributed by atoms with van der Waals surface area (Å²) in [6.07, 6.45) is 4.35. The van der Waals surface area contributed by atoms with Gasteiger partial charge in [0.2, 0.25) is 0 Å². The largest absolute Gasteiger partial charge is 0.495 e. The number of pyridine rings is 1. The maximum absolute atomic E-state index is 13.1. The van der Waals surface area contributed by atoms with E-state index in [2.05, 4.69) is 4.98 Å². The van der Waals surface area contributed by atoms with Gasteiger partial charge >= 0.3 is 0 Å². The summed E-state index contributed by atoms with van der Waals surface area (Å²) >= 11 is 0. The second-order valence-electron chi connectivity index (χ2n) is 5.87. The third-order valence-corrected chi connectivity index (χ3v) is 5.54. The molecular weight excluding hydrogens is 383 g/mol. The lowest BCUT2D eigenvalue weighted by Crippen LogP contribution is -2.16. The van der Waals surface area contributed by atoms with Gasteiger partial charge in [-0.05, 0) is 23.8 Å². The van der Waals surface area contributed by atoms with Gasteiger partial charge in [-0.3, -0.25) is 4.79 Å². The van der Waals surface area contributed by atoms with Crippen molar-refractivity contribution >= 4 is 36.7 Å². The van der Waals surface area contributed by atoms with E-state index in [1.54, 1.807) is 18.2 Å². The number of nitrogens with zero attached hydrogens (tertiary/aromatic N) is 1. The molecule has 0 fully saturated rings. The second-order valence-corrected chi connectivity index (χ2v) is 8.40. The van der Waals surface area contributed by atoms with E-state index in [-0.39, 0.29) is 34.8 Å². The number of hydrogen-bond acceptors (Lipinski definition) is 4. The van der Waals surface area contributed by atoms with Gasteiger partial charge in [-0.25, -0.2) is 12.8 Å². The highest BCUT2D eigenvalue weighted by molar-refractivity contribution is 8.14. The van der Waals surface area contributed by atoms with Gasteiger partial charge in [0.25, 0.3) is 14.6 Å². The van der Waals surface area contributed by atoms with E-state index in [1.807, 2.05) is 0 Å². The highest BCUT2D eigenvalue weighted by Gasteiger charge is 2.25. The lowest BCUT2D eigenvalue weighted by Gasteiger charge is -2.13. The van der Waals surface area contributed by atoms with Crippen molar-refractivity contribution in [2.75, 3.05) is 0 Å². The van der Waals surface area contributed by atoms with Crippen LogP contribution in [0.3, 0.4) is 0 Å². The molecule has 1 N–H and O–H groups in total. The second kappa shape index (κ2) is 6.00. The first kappa shape index (κ1) is 16.9. The zero-order valence-electron chi connectivity index (χ0n) is 13.2. The molecule has 0 bridgehead atoms. The third kappa shape index (κ3) is 2.81. The van der Waals surface area contributed by atoms with E-state index in [0.717, 1.165) is 0 Å². The van der Waals surface area contributed by atoms with Crippen molar-refractivity contribution < 1.29 is 17.5 Å². The fraction of sp³-hybridized carbons (Fsp3) is 0.118. The van der Waals surface area contributed by atoms with E-state index in [9.17, 15) is 17.6 Å². The van der Waals surface area contributed by atoms with Crippen molar-refractivity contribution in [1.29, 1.82) is 0 Å². The Bertz CT molecular complexity index is 1210. The zero-order chi connectivity index (χ0) is 18.5. The lowest BCUT2D eigenvalue weighted by molar-refractivity contribution is 0.230. The Morgan fingerprint density at radius 3 is 2.69 bits per heavy atom. The normalized spacial score (nSPS) is 13.6. The lowest BCUT2D eigenvalue weighted by atomic mass is 10.1. The van der Waals surface area contributed by atoms with E-state index in [0.29, 0.717) is 16.8 Å². The first-order valence-corrected chi connectivity index (χ1v) is 9.91. The number of H-pyrrole nitrogens is 1. The molecular formula is C17H12ClFN2O4S. The molecule has 3 aromatic rings. The van der Waals surface area contributed by atoms with Crippen LogP contribution < -0.4 is 5.56 Å². The molecule has 1 aliphatic heterocycles. The summed E-state index contributed by atoms with van der Waals surface area (Å²) in [5, 5.41) is 0.250. The minimum Gasteiger partial charge on any atom is -0.495 e. The molecule has 0 atom stereocenters. The number of benzene rings is 1. The molecule has 0 saturated heterocycles. The van der Waals surface area contributed by atoms with Crippen LogP contribution >= 0.6 is 10.7 Å². The van der Waals surface area contributed by atoms with Gasteiger partial charge in [-0.1, -0.05) is 12.1 Å². The standard InChI is InChI=1S/C17H12ClFN2O4S/c18-26(23,24)14-8-21(7-10-1-3-11(19)4-2-10)16-15(14)12-5-6-25-9-13(12)20-17(16)22/h1-6,8H,7,9H2,(H,20,22). The number of ether oxygens (including phenoxy) is 1. The van der Waals surface area contributed by atoms with Gasteiger partial charge in [-0.2, -0.15) is 0 Å². The van der Waals surface area contributed by atoms with Crippen molar-refractivity contribution in [1.82, 2.24) is 9.55 Å². The molecule has 0 radical (unpaired) electrons. The molecule has 0 unspecified atom stereocenters. The Labute approximate surface area is 151 Å². The van der Waals surface area contributed by atoms with Crippen molar-refractivity contribution in [2.45, 2.75) is 18.0 Å².